The first-order chi connectivity index (χ1) is 8.90. The van der Waals surface area contributed by atoms with Crippen LogP contribution in [-0.4, -0.2) is 29.4 Å². The molecule has 118 valence electrons. The molecule has 4 heteroatoms. The summed E-state index contributed by atoms with van der Waals surface area (Å²) in [5.74, 6) is 1.82. The summed E-state index contributed by atoms with van der Waals surface area (Å²) in [4.78, 5) is 14.8. The van der Waals surface area contributed by atoms with Gasteiger partial charge < -0.3 is 10.6 Å². The van der Waals surface area contributed by atoms with Crippen LogP contribution in [0.5, 0.6) is 0 Å². The number of carbonyl (C=O) groups is 1. The maximum Gasteiger partial charge on any atom is 0.227 e. The Balaban J connectivity index is 0.00000200. The highest BCUT2D eigenvalue weighted by molar-refractivity contribution is 5.85. The topological polar surface area (TPSA) is 46.3 Å². The minimum Gasteiger partial charge on any atom is -0.342 e. The molecule has 0 aromatic carbocycles. The SMILES string of the molecule is CC(C)CC1CCN(C(=O)C2CCCCC2(C)N)C1.Cl. The predicted molar refractivity (Wildman–Crippen MR) is 85.9 cm³/mol. The minimum atomic E-state index is -0.286. The molecule has 3 unspecified atom stereocenters. The Morgan fingerprint density at radius 2 is 2.05 bits per heavy atom. The average molecular weight is 303 g/mol. The summed E-state index contributed by atoms with van der Waals surface area (Å²) in [5.41, 5.74) is 6.07. The van der Waals surface area contributed by atoms with Gasteiger partial charge in [0.2, 0.25) is 5.91 Å². The lowest BCUT2D eigenvalue weighted by Gasteiger charge is -2.39. The first-order valence-electron chi connectivity index (χ1n) is 7.98. The van der Waals surface area contributed by atoms with Gasteiger partial charge in [-0.2, -0.15) is 0 Å². The van der Waals surface area contributed by atoms with Crippen LogP contribution in [0, 0.1) is 17.8 Å². The number of likely N-dealkylation sites (tertiary alicyclic amines) is 1. The summed E-state index contributed by atoms with van der Waals surface area (Å²) in [6, 6.07) is 0. The summed E-state index contributed by atoms with van der Waals surface area (Å²) < 4.78 is 0. The van der Waals surface area contributed by atoms with Crippen molar-refractivity contribution in [3.05, 3.63) is 0 Å². The van der Waals surface area contributed by atoms with Gasteiger partial charge >= 0.3 is 0 Å². The van der Waals surface area contributed by atoms with E-state index in [4.69, 9.17) is 5.73 Å². The number of nitrogens with zero attached hydrogens (tertiary/aromatic N) is 1. The lowest BCUT2D eigenvalue weighted by molar-refractivity contribution is -0.138. The normalized spacial score (nSPS) is 34.1. The van der Waals surface area contributed by atoms with Crippen molar-refractivity contribution in [1.82, 2.24) is 4.90 Å². The number of hydrogen-bond donors (Lipinski definition) is 1. The van der Waals surface area contributed by atoms with Gasteiger partial charge in [-0.15, -0.1) is 12.4 Å². The third-order valence-electron chi connectivity index (χ3n) is 4.95. The average Bonchev–Trinajstić information content (AvgIpc) is 2.75. The van der Waals surface area contributed by atoms with E-state index in [9.17, 15) is 4.79 Å². The molecule has 1 saturated carbocycles. The number of carbonyl (C=O) groups excluding carboxylic acids is 1. The summed E-state index contributed by atoms with van der Waals surface area (Å²) in [6.07, 6.45) is 6.73. The first-order valence-corrected chi connectivity index (χ1v) is 7.98. The van der Waals surface area contributed by atoms with Gasteiger partial charge in [0.05, 0.1) is 5.92 Å². The maximum absolute atomic E-state index is 12.7. The number of hydrogen-bond acceptors (Lipinski definition) is 2. The number of amides is 1. The molecule has 0 radical (unpaired) electrons. The van der Waals surface area contributed by atoms with E-state index < -0.39 is 0 Å². The third kappa shape index (κ3) is 4.11. The Labute approximate surface area is 130 Å². The van der Waals surface area contributed by atoms with E-state index in [1.807, 2.05) is 0 Å². The van der Waals surface area contributed by atoms with Crippen molar-refractivity contribution < 1.29 is 4.79 Å². The molecule has 1 aliphatic heterocycles. The highest BCUT2D eigenvalue weighted by Gasteiger charge is 2.41. The number of halogens is 1. The van der Waals surface area contributed by atoms with Crippen LogP contribution in [0.1, 0.15) is 59.3 Å². The molecule has 0 bridgehead atoms. The van der Waals surface area contributed by atoms with Crippen LogP contribution in [0.3, 0.4) is 0 Å². The van der Waals surface area contributed by atoms with Crippen LogP contribution in [0.25, 0.3) is 0 Å². The second-order valence-electron chi connectivity index (χ2n) is 7.37. The van der Waals surface area contributed by atoms with E-state index in [1.165, 1.54) is 19.3 Å². The van der Waals surface area contributed by atoms with Gasteiger partial charge in [0, 0.05) is 18.6 Å². The van der Waals surface area contributed by atoms with Crippen LogP contribution >= 0.6 is 12.4 Å². The Bertz CT molecular complexity index is 330. The van der Waals surface area contributed by atoms with Crippen molar-refractivity contribution in [2.75, 3.05) is 13.1 Å². The monoisotopic (exact) mass is 302 g/mol. The van der Waals surface area contributed by atoms with Crippen molar-refractivity contribution in [3.8, 4) is 0 Å². The molecular weight excluding hydrogens is 272 g/mol. The largest absolute Gasteiger partial charge is 0.342 e. The highest BCUT2D eigenvalue weighted by atomic mass is 35.5. The molecule has 0 aromatic heterocycles. The quantitative estimate of drug-likeness (QED) is 0.870. The van der Waals surface area contributed by atoms with Crippen molar-refractivity contribution in [2.45, 2.75) is 64.8 Å². The molecule has 3 atom stereocenters. The van der Waals surface area contributed by atoms with Gasteiger partial charge in [-0.3, -0.25) is 4.79 Å². The third-order valence-corrected chi connectivity index (χ3v) is 4.95. The van der Waals surface area contributed by atoms with Gasteiger partial charge in [-0.05, 0) is 44.4 Å². The minimum absolute atomic E-state index is 0. The zero-order chi connectivity index (χ0) is 14.0. The molecule has 0 spiro atoms. The van der Waals surface area contributed by atoms with E-state index in [0.717, 1.165) is 38.3 Å². The molecule has 2 aliphatic rings. The fourth-order valence-corrected chi connectivity index (χ4v) is 3.88. The molecule has 20 heavy (non-hydrogen) atoms. The lowest BCUT2D eigenvalue weighted by atomic mass is 9.74. The summed E-state index contributed by atoms with van der Waals surface area (Å²) in [6.45, 7) is 8.51. The van der Waals surface area contributed by atoms with Crippen LogP contribution in [0.2, 0.25) is 0 Å². The molecule has 1 aliphatic carbocycles. The Hall–Kier alpha value is -0.280. The maximum atomic E-state index is 12.7. The molecular formula is C16H31ClN2O. The van der Waals surface area contributed by atoms with Crippen molar-refractivity contribution >= 4 is 18.3 Å². The van der Waals surface area contributed by atoms with Crippen LogP contribution in [0.15, 0.2) is 0 Å². The molecule has 0 aromatic rings. The predicted octanol–water partition coefficient (Wildman–Crippen LogP) is 3.21. The van der Waals surface area contributed by atoms with Crippen molar-refractivity contribution in [3.63, 3.8) is 0 Å². The second-order valence-corrected chi connectivity index (χ2v) is 7.37. The highest BCUT2D eigenvalue weighted by Crippen LogP contribution is 2.34. The van der Waals surface area contributed by atoms with E-state index in [0.29, 0.717) is 11.8 Å². The smallest absolute Gasteiger partial charge is 0.227 e. The van der Waals surface area contributed by atoms with E-state index in [1.54, 1.807) is 0 Å². The molecule has 1 saturated heterocycles. The standard InChI is InChI=1S/C16H30N2O.ClH/c1-12(2)10-13-7-9-18(11-13)15(19)14-6-4-5-8-16(14,3)17;/h12-14H,4-11,17H2,1-3H3;1H. The van der Waals surface area contributed by atoms with Gasteiger partial charge in [0.1, 0.15) is 0 Å². The zero-order valence-electron chi connectivity index (χ0n) is 13.2. The Morgan fingerprint density at radius 3 is 2.65 bits per heavy atom. The van der Waals surface area contributed by atoms with Gasteiger partial charge in [-0.25, -0.2) is 0 Å². The van der Waals surface area contributed by atoms with E-state index in [2.05, 4.69) is 25.7 Å². The van der Waals surface area contributed by atoms with Gasteiger partial charge in [-0.1, -0.05) is 26.7 Å². The van der Waals surface area contributed by atoms with Crippen LogP contribution in [-0.2, 0) is 4.79 Å². The summed E-state index contributed by atoms with van der Waals surface area (Å²) in [7, 11) is 0. The van der Waals surface area contributed by atoms with Crippen LogP contribution < -0.4 is 5.73 Å². The van der Waals surface area contributed by atoms with Crippen molar-refractivity contribution in [1.29, 1.82) is 0 Å². The van der Waals surface area contributed by atoms with Crippen LogP contribution in [0.4, 0.5) is 0 Å². The van der Waals surface area contributed by atoms with E-state index in [-0.39, 0.29) is 23.9 Å². The second kappa shape index (κ2) is 7.13. The molecule has 2 fully saturated rings. The number of rotatable bonds is 3. The first kappa shape index (κ1) is 17.8. The van der Waals surface area contributed by atoms with Gasteiger partial charge in [0.15, 0.2) is 0 Å². The molecule has 3 nitrogen and oxygen atoms in total. The van der Waals surface area contributed by atoms with Gasteiger partial charge in [0.25, 0.3) is 0 Å². The van der Waals surface area contributed by atoms with E-state index >= 15 is 0 Å². The molecule has 2 rings (SSSR count). The number of nitrogens with two attached hydrogens (primary N) is 1. The fraction of sp³-hybridized carbons (Fsp3) is 0.938. The lowest BCUT2D eigenvalue weighted by Crippen LogP contribution is -2.53. The molecule has 1 amide bonds. The Morgan fingerprint density at radius 1 is 1.35 bits per heavy atom. The summed E-state index contributed by atoms with van der Waals surface area (Å²) >= 11 is 0. The molecule has 2 N–H and O–H groups in total. The Kier molecular flexibility index (Phi) is 6.33. The summed E-state index contributed by atoms with van der Waals surface area (Å²) in [5, 5.41) is 0. The zero-order valence-corrected chi connectivity index (χ0v) is 14.0. The molecule has 1 heterocycles. The fourth-order valence-electron chi connectivity index (χ4n) is 3.88. The van der Waals surface area contributed by atoms with Crippen molar-refractivity contribution in [2.24, 2.45) is 23.5 Å².